The minimum Gasteiger partial charge on any atom is -0.465 e. The fraction of sp³-hybridized carbons (Fsp3) is 0.312. The van der Waals surface area contributed by atoms with Crippen molar-refractivity contribution in [2.24, 2.45) is 11.8 Å². The number of nitrogens with two attached hydrogens (primary N) is 1. The van der Waals surface area contributed by atoms with Gasteiger partial charge in [0.1, 0.15) is 6.04 Å². The van der Waals surface area contributed by atoms with Crippen molar-refractivity contribution in [3.8, 4) is 22.5 Å². The molecular weight excluding hydrogens is 560 g/mol. The number of tetrazole rings is 1. The highest BCUT2D eigenvalue weighted by molar-refractivity contribution is 5.97. The maximum absolute atomic E-state index is 13.6. The zero-order valence-corrected chi connectivity index (χ0v) is 24.4. The highest BCUT2D eigenvalue weighted by Crippen LogP contribution is 2.29. The highest BCUT2D eigenvalue weighted by atomic mass is 16.4. The van der Waals surface area contributed by atoms with Crippen LogP contribution in [0.1, 0.15) is 36.8 Å². The summed E-state index contributed by atoms with van der Waals surface area (Å²) in [5.41, 5.74) is 12.1. The van der Waals surface area contributed by atoms with Crippen LogP contribution in [-0.4, -0.2) is 56.2 Å². The number of aryl methyl sites for hydroxylation is 1. The summed E-state index contributed by atoms with van der Waals surface area (Å²) < 4.78 is 0. The SMILES string of the molecule is Cc1ccc(-c2ccc(C[C@H](NC(=O)[C@H]3CC[C@H](CNC(=O)O)CC3)C(=O)Nc3ccc(-c4nn[nH]n4)cc3)cc2)cc1N. The van der Waals surface area contributed by atoms with Crippen LogP contribution in [0, 0.1) is 18.8 Å². The standard InChI is InChI=1S/C32H36N8O4/c1-19-2-7-25(17-27(19)33)22-8-3-20(4-9-22)16-28(36-30(41)24-10-5-21(6-11-24)18-34-32(43)44)31(42)35-26-14-12-23(13-15-26)29-37-39-40-38-29/h2-4,7-9,12-15,17,21,24,28,34H,5-6,10-11,16,18,33H2,1H3,(H,35,42)(H,36,41)(H,43,44)(H,37,38,39,40)/t21-,24-,28-/m0/s1. The molecule has 44 heavy (non-hydrogen) atoms. The molecule has 228 valence electrons. The fourth-order valence-electron chi connectivity index (χ4n) is 5.46. The number of benzene rings is 3. The average Bonchev–Trinajstić information content (AvgIpc) is 3.57. The molecule has 12 heteroatoms. The van der Waals surface area contributed by atoms with Crippen molar-refractivity contribution in [1.82, 2.24) is 31.3 Å². The summed E-state index contributed by atoms with van der Waals surface area (Å²) in [5, 5.41) is 31.2. The maximum atomic E-state index is 13.6. The van der Waals surface area contributed by atoms with Crippen molar-refractivity contribution >= 4 is 29.3 Å². The third-order valence-electron chi connectivity index (χ3n) is 8.15. The predicted molar refractivity (Wildman–Crippen MR) is 166 cm³/mol. The van der Waals surface area contributed by atoms with Crippen molar-refractivity contribution in [3.63, 3.8) is 0 Å². The van der Waals surface area contributed by atoms with Gasteiger partial charge in [-0.1, -0.05) is 36.4 Å². The van der Waals surface area contributed by atoms with E-state index in [1.165, 1.54) is 0 Å². The zero-order valence-electron chi connectivity index (χ0n) is 24.4. The first kappa shape index (κ1) is 30.2. The number of carbonyl (C=O) groups is 3. The van der Waals surface area contributed by atoms with E-state index in [0.29, 0.717) is 37.3 Å². The predicted octanol–water partition coefficient (Wildman–Crippen LogP) is 4.16. The molecule has 1 atom stereocenters. The molecule has 3 aromatic carbocycles. The first-order chi connectivity index (χ1) is 21.2. The van der Waals surface area contributed by atoms with Crippen molar-refractivity contribution in [2.75, 3.05) is 17.6 Å². The molecule has 4 aromatic rings. The van der Waals surface area contributed by atoms with E-state index in [1.54, 1.807) is 24.3 Å². The first-order valence-electron chi connectivity index (χ1n) is 14.6. The van der Waals surface area contributed by atoms with Gasteiger partial charge in [-0.25, -0.2) is 4.79 Å². The van der Waals surface area contributed by atoms with Crippen LogP contribution in [0.3, 0.4) is 0 Å². The Morgan fingerprint density at radius 1 is 0.955 bits per heavy atom. The second-order valence-electron chi connectivity index (χ2n) is 11.2. The lowest BCUT2D eigenvalue weighted by atomic mass is 9.81. The van der Waals surface area contributed by atoms with Crippen molar-refractivity contribution < 1.29 is 19.5 Å². The summed E-state index contributed by atoms with van der Waals surface area (Å²) in [7, 11) is 0. The Kier molecular flexibility index (Phi) is 9.48. The normalized spacial score (nSPS) is 16.9. The van der Waals surface area contributed by atoms with Gasteiger partial charge in [-0.3, -0.25) is 9.59 Å². The Bertz CT molecular complexity index is 1580. The number of rotatable bonds is 10. The summed E-state index contributed by atoms with van der Waals surface area (Å²) in [5.74, 6) is -0.102. The van der Waals surface area contributed by atoms with Crippen molar-refractivity contribution in [1.29, 1.82) is 0 Å². The van der Waals surface area contributed by atoms with Crippen molar-refractivity contribution in [3.05, 3.63) is 77.9 Å². The minimum absolute atomic E-state index is 0.172. The van der Waals surface area contributed by atoms with Crippen LogP contribution in [0.2, 0.25) is 0 Å². The molecule has 12 nitrogen and oxygen atoms in total. The number of amides is 3. The number of carboxylic acid groups (broad SMARTS) is 1. The number of anilines is 2. The fourth-order valence-corrected chi connectivity index (χ4v) is 5.46. The lowest BCUT2D eigenvalue weighted by Gasteiger charge is -2.29. The van der Waals surface area contributed by atoms with E-state index in [4.69, 9.17) is 10.8 Å². The van der Waals surface area contributed by atoms with Crippen LogP contribution in [0.4, 0.5) is 16.2 Å². The molecule has 1 fully saturated rings. The molecule has 0 aliphatic heterocycles. The Hall–Kier alpha value is -5.26. The molecule has 0 radical (unpaired) electrons. The molecule has 1 aliphatic rings. The van der Waals surface area contributed by atoms with Crippen LogP contribution in [-0.2, 0) is 16.0 Å². The van der Waals surface area contributed by atoms with Crippen molar-refractivity contribution in [2.45, 2.75) is 45.1 Å². The van der Waals surface area contributed by atoms with Gasteiger partial charge in [0.2, 0.25) is 17.6 Å². The number of hydrogen-bond donors (Lipinski definition) is 6. The summed E-state index contributed by atoms with van der Waals surface area (Å²) in [6.07, 6.45) is 2.02. The zero-order chi connectivity index (χ0) is 31.1. The molecule has 1 heterocycles. The topological polar surface area (TPSA) is 188 Å². The molecule has 5 rings (SSSR count). The smallest absolute Gasteiger partial charge is 0.404 e. The number of nitrogens with one attached hydrogen (secondary N) is 4. The van der Waals surface area contributed by atoms with Gasteiger partial charge in [0, 0.05) is 35.8 Å². The quantitative estimate of drug-likeness (QED) is 0.147. The molecule has 3 amide bonds. The number of aromatic nitrogens is 4. The van der Waals surface area contributed by atoms with Gasteiger partial charge in [-0.2, -0.15) is 5.21 Å². The average molecular weight is 597 g/mol. The molecule has 0 unspecified atom stereocenters. The maximum Gasteiger partial charge on any atom is 0.404 e. The monoisotopic (exact) mass is 596 g/mol. The van der Waals surface area contributed by atoms with Gasteiger partial charge in [-0.05, 0) is 96.3 Å². The number of H-pyrrole nitrogens is 1. The van der Waals surface area contributed by atoms with Gasteiger partial charge < -0.3 is 26.8 Å². The van der Waals surface area contributed by atoms with Gasteiger partial charge in [0.05, 0.1) is 0 Å². The molecule has 1 aliphatic carbocycles. The van der Waals surface area contributed by atoms with E-state index in [0.717, 1.165) is 46.3 Å². The van der Waals surface area contributed by atoms with Gasteiger partial charge in [0.25, 0.3) is 0 Å². The van der Waals surface area contributed by atoms with Gasteiger partial charge in [0.15, 0.2) is 0 Å². The van der Waals surface area contributed by atoms with E-state index < -0.39 is 12.1 Å². The third-order valence-corrected chi connectivity index (χ3v) is 8.15. The van der Waals surface area contributed by atoms with E-state index in [9.17, 15) is 14.4 Å². The first-order valence-corrected chi connectivity index (χ1v) is 14.6. The van der Waals surface area contributed by atoms with Gasteiger partial charge in [-0.15, -0.1) is 10.2 Å². The molecule has 1 aromatic heterocycles. The highest BCUT2D eigenvalue weighted by Gasteiger charge is 2.30. The number of hydrogen-bond acceptors (Lipinski definition) is 7. The minimum atomic E-state index is -1.04. The molecular formula is C32H36N8O4. The van der Waals surface area contributed by atoms with Crippen LogP contribution in [0.5, 0.6) is 0 Å². The van der Waals surface area contributed by atoms with E-state index in [1.807, 2.05) is 49.4 Å². The third kappa shape index (κ3) is 7.77. The Labute approximate surface area is 254 Å². The summed E-state index contributed by atoms with van der Waals surface area (Å²) in [6.45, 7) is 2.34. The number of nitrogen functional groups attached to an aromatic ring is 1. The number of aromatic amines is 1. The van der Waals surface area contributed by atoms with E-state index in [2.05, 4.69) is 36.6 Å². The van der Waals surface area contributed by atoms with Gasteiger partial charge >= 0.3 is 6.09 Å². The van der Waals surface area contributed by atoms with Crippen LogP contribution < -0.4 is 21.7 Å². The lowest BCUT2D eigenvalue weighted by molar-refractivity contribution is -0.130. The second-order valence-corrected chi connectivity index (χ2v) is 11.2. The molecule has 7 N–H and O–H groups in total. The summed E-state index contributed by atoms with van der Waals surface area (Å²) >= 11 is 0. The Morgan fingerprint density at radius 3 is 2.27 bits per heavy atom. The summed E-state index contributed by atoms with van der Waals surface area (Å²) in [4.78, 5) is 37.8. The Balaban J connectivity index is 1.28. The van der Waals surface area contributed by atoms with Crippen LogP contribution in [0.25, 0.3) is 22.5 Å². The number of carbonyl (C=O) groups excluding carboxylic acids is 2. The largest absolute Gasteiger partial charge is 0.465 e. The van der Waals surface area contributed by atoms with E-state index >= 15 is 0 Å². The molecule has 1 saturated carbocycles. The second kappa shape index (κ2) is 13.8. The van der Waals surface area contributed by atoms with Crippen LogP contribution in [0.15, 0.2) is 66.7 Å². The number of nitrogens with zero attached hydrogens (tertiary/aromatic N) is 3. The Morgan fingerprint density at radius 2 is 1.64 bits per heavy atom. The van der Waals surface area contributed by atoms with E-state index in [-0.39, 0.29) is 23.7 Å². The summed E-state index contributed by atoms with van der Waals surface area (Å²) in [6, 6.07) is 20.1. The van der Waals surface area contributed by atoms with Crippen LogP contribution >= 0.6 is 0 Å². The molecule has 0 saturated heterocycles. The molecule has 0 spiro atoms. The molecule has 0 bridgehead atoms. The lowest BCUT2D eigenvalue weighted by Crippen LogP contribution is -2.48.